The van der Waals surface area contributed by atoms with E-state index in [-0.39, 0.29) is 23.3 Å². The molecule has 0 radical (unpaired) electrons. The first-order valence-corrected chi connectivity index (χ1v) is 14.7. The highest BCUT2D eigenvalue weighted by Gasteiger charge is 2.34. The number of aryl methyl sites for hydroxylation is 1. The van der Waals surface area contributed by atoms with Gasteiger partial charge in [0.2, 0.25) is 0 Å². The SMILES string of the molecule is CC(CCc1cc(F)ccc1[C@@H](C)N(c1cc(F)ccc1F)S(=O)(=O)c1ccc(Cl)cc1)N1CCCCC1.Cl. The van der Waals surface area contributed by atoms with Crippen molar-refractivity contribution in [3.63, 3.8) is 0 Å². The Balaban J connectivity index is 0.00000420. The Morgan fingerprint density at radius 3 is 2.18 bits per heavy atom. The molecule has 1 aliphatic heterocycles. The molecule has 4 rings (SSSR count). The lowest BCUT2D eigenvalue weighted by molar-refractivity contribution is 0.166. The molecule has 1 heterocycles. The fourth-order valence-corrected chi connectivity index (χ4v) is 6.91. The predicted octanol–water partition coefficient (Wildman–Crippen LogP) is 7.94. The molecule has 1 aliphatic rings. The van der Waals surface area contributed by atoms with Gasteiger partial charge in [-0.1, -0.05) is 24.1 Å². The van der Waals surface area contributed by atoms with E-state index in [1.807, 2.05) is 0 Å². The van der Waals surface area contributed by atoms with E-state index in [0.717, 1.165) is 54.9 Å². The number of sulfonamides is 1. The van der Waals surface area contributed by atoms with E-state index in [1.54, 1.807) is 6.92 Å². The summed E-state index contributed by atoms with van der Waals surface area (Å²) < 4.78 is 72.4. The lowest BCUT2D eigenvalue weighted by Crippen LogP contribution is -2.37. The minimum Gasteiger partial charge on any atom is -0.301 e. The molecule has 39 heavy (non-hydrogen) atoms. The first-order chi connectivity index (χ1) is 18.1. The molecular weight excluding hydrogens is 568 g/mol. The van der Waals surface area contributed by atoms with Crippen LogP contribution in [0.5, 0.6) is 0 Å². The maximum Gasteiger partial charge on any atom is 0.264 e. The number of rotatable bonds is 9. The zero-order valence-electron chi connectivity index (χ0n) is 21.9. The molecule has 212 valence electrons. The second-order valence-corrected chi connectivity index (χ2v) is 12.1. The van der Waals surface area contributed by atoms with Crippen molar-refractivity contribution < 1.29 is 21.6 Å². The fraction of sp³-hybridized carbons (Fsp3) is 0.379. The molecule has 3 aromatic rings. The number of piperidine rings is 1. The van der Waals surface area contributed by atoms with E-state index in [2.05, 4.69) is 11.8 Å². The molecule has 0 spiro atoms. The van der Waals surface area contributed by atoms with Crippen LogP contribution in [0.1, 0.15) is 56.7 Å². The maximum absolute atomic E-state index is 15.1. The third kappa shape index (κ3) is 7.28. The summed E-state index contributed by atoms with van der Waals surface area (Å²) in [7, 11) is -4.37. The molecule has 3 aromatic carbocycles. The highest BCUT2D eigenvalue weighted by atomic mass is 35.5. The second kappa shape index (κ2) is 13.4. The van der Waals surface area contributed by atoms with Crippen LogP contribution in [0.2, 0.25) is 5.02 Å². The van der Waals surface area contributed by atoms with E-state index in [1.165, 1.54) is 48.9 Å². The van der Waals surface area contributed by atoms with Crippen LogP contribution in [0.15, 0.2) is 65.6 Å². The van der Waals surface area contributed by atoms with Gasteiger partial charge in [0.25, 0.3) is 10.0 Å². The highest BCUT2D eigenvalue weighted by Crippen LogP contribution is 2.37. The van der Waals surface area contributed by atoms with Gasteiger partial charge in [0, 0.05) is 17.1 Å². The molecule has 0 amide bonds. The molecule has 0 aromatic heterocycles. The molecule has 0 saturated carbocycles. The third-order valence-electron chi connectivity index (χ3n) is 7.27. The minimum absolute atomic E-state index is 0. The van der Waals surface area contributed by atoms with Crippen molar-refractivity contribution >= 4 is 39.7 Å². The van der Waals surface area contributed by atoms with Gasteiger partial charge in [-0.2, -0.15) is 0 Å². The van der Waals surface area contributed by atoms with Crippen LogP contribution in [0.4, 0.5) is 18.9 Å². The van der Waals surface area contributed by atoms with E-state index < -0.39 is 39.2 Å². The van der Waals surface area contributed by atoms with Crippen LogP contribution in [0, 0.1) is 17.5 Å². The Bertz CT molecular complexity index is 1370. The van der Waals surface area contributed by atoms with Crippen molar-refractivity contribution in [3.05, 3.63) is 94.3 Å². The van der Waals surface area contributed by atoms with Gasteiger partial charge in [0.15, 0.2) is 0 Å². The quantitative estimate of drug-likeness (QED) is 0.250. The Morgan fingerprint density at radius 2 is 1.51 bits per heavy atom. The summed E-state index contributed by atoms with van der Waals surface area (Å²) >= 11 is 5.96. The van der Waals surface area contributed by atoms with E-state index >= 15 is 4.39 Å². The smallest absolute Gasteiger partial charge is 0.264 e. The Hall–Kier alpha value is -2.26. The maximum atomic E-state index is 15.1. The number of nitrogens with zero attached hydrogens (tertiary/aromatic N) is 2. The second-order valence-electron chi connectivity index (χ2n) is 9.85. The van der Waals surface area contributed by atoms with Gasteiger partial charge >= 0.3 is 0 Å². The zero-order valence-corrected chi connectivity index (χ0v) is 24.3. The van der Waals surface area contributed by atoms with Crippen LogP contribution in [0.3, 0.4) is 0 Å². The van der Waals surface area contributed by atoms with Crippen molar-refractivity contribution in [3.8, 4) is 0 Å². The van der Waals surface area contributed by atoms with Crippen LogP contribution < -0.4 is 4.31 Å². The molecule has 0 bridgehead atoms. The monoisotopic (exact) mass is 600 g/mol. The van der Waals surface area contributed by atoms with Crippen molar-refractivity contribution in [1.82, 2.24) is 4.90 Å². The van der Waals surface area contributed by atoms with Crippen LogP contribution in [-0.4, -0.2) is 32.4 Å². The summed E-state index contributed by atoms with van der Waals surface area (Å²) in [6, 6.07) is 11.7. The summed E-state index contributed by atoms with van der Waals surface area (Å²) in [4.78, 5) is 2.30. The van der Waals surface area contributed by atoms with E-state index in [4.69, 9.17) is 11.6 Å². The lowest BCUT2D eigenvalue weighted by atomic mass is 9.95. The third-order valence-corrected chi connectivity index (χ3v) is 9.42. The fourth-order valence-electron chi connectivity index (χ4n) is 5.15. The number of benzene rings is 3. The zero-order chi connectivity index (χ0) is 27.4. The first-order valence-electron chi connectivity index (χ1n) is 12.9. The number of hydrogen-bond acceptors (Lipinski definition) is 3. The van der Waals surface area contributed by atoms with Crippen molar-refractivity contribution in [2.75, 3.05) is 17.4 Å². The normalized spacial score (nSPS) is 15.8. The van der Waals surface area contributed by atoms with Gasteiger partial charge < -0.3 is 4.90 Å². The van der Waals surface area contributed by atoms with Gasteiger partial charge in [-0.05, 0) is 112 Å². The number of anilines is 1. The molecule has 0 N–H and O–H groups in total. The summed E-state index contributed by atoms with van der Waals surface area (Å²) in [6.45, 7) is 5.80. The highest BCUT2D eigenvalue weighted by molar-refractivity contribution is 7.92. The molecule has 2 atom stereocenters. The summed E-state index contributed by atoms with van der Waals surface area (Å²) in [5, 5.41) is 0.337. The van der Waals surface area contributed by atoms with Crippen LogP contribution >= 0.6 is 24.0 Å². The largest absolute Gasteiger partial charge is 0.301 e. The van der Waals surface area contributed by atoms with Gasteiger partial charge in [-0.3, -0.25) is 4.31 Å². The van der Waals surface area contributed by atoms with Crippen LogP contribution in [0.25, 0.3) is 0 Å². The van der Waals surface area contributed by atoms with Crippen molar-refractivity contribution in [2.24, 2.45) is 0 Å². The van der Waals surface area contributed by atoms with Gasteiger partial charge in [-0.15, -0.1) is 12.4 Å². The Morgan fingerprint density at radius 1 is 0.897 bits per heavy atom. The summed E-state index contributed by atoms with van der Waals surface area (Å²) in [6.07, 6.45) is 4.80. The van der Waals surface area contributed by atoms with Gasteiger partial charge in [-0.25, -0.2) is 21.6 Å². The summed E-state index contributed by atoms with van der Waals surface area (Å²) in [5.41, 5.74) is 0.734. The van der Waals surface area contributed by atoms with Crippen molar-refractivity contribution in [2.45, 2.75) is 62.9 Å². The molecule has 1 unspecified atom stereocenters. The average Bonchev–Trinajstić information content (AvgIpc) is 2.90. The Labute approximate surface area is 240 Å². The first kappa shape index (κ1) is 31.3. The topological polar surface area (TPSA) is 40.6 Å². The van der Waals surface area contributed by atoms with Crippen LogP contribution in [-0.2, 0) is 16.4 Å². The molecular formula is C29H33Cl2F3N2O2S. The molecule has 0 aliphatic carbocycles. The lowest BCUT2D eigenvalue weighted by Gasteiger charge is -2.34. The Kier molecular flexibility index (Phi) is 10.7. The van der Waals surface area contributed by atoms with Crippen molar-refractivity contribution in [1.29, 1.82) is 0 Å². The number of hydrogen-bond donors (Lipinski definition) is 0. The molecule has 10 heteroatoms. The standard InChI is InChI=1S/C29H32ClF3N2O2S.ClH/c1-20(34-16-4-3-5-17-34)6-7-22-18-24(31)10-14-27(22)21(2)35(29-19-25(32)11-15-28(29)33)38(36,37)26-12-8-23(30)9-13-26;/h8-15,18-21H,3-7,16-17H2,1-2H3;1H/t20?,21-;/m1./s1. The predicted molar refractivity (Wildman–Crippen MR) is 153 cm³/mol. The molecule has 4 nitrogen and oxygen atoms in total. The van der Waals surface area contributed by atoms with E-state index in [0.29, 0.717) is 22.6 Å². The minimum atomic E-state index is -4.37. The van der Waals surface area contributed by atoms with E-state index in [9.17, 15) is 17.2 Å². The van der Waals surface area contributed by atoms with Gasteiger partial charge in [0.05, 0.1) is 16.6 Å². The number of likely N-dealkylation sites (tertiary alicyclic amines) is 1. The molecule has 1 saturated heterocycles. The average molecular weight is 602 g/mol. The molecule has 1 fully saturated rings. The summed E-state index contributed by atoms with van der Waals surface area (Å²) in [5.74, 6) is -2.11. The van der Waals surface area contributed by atoms with Gasteiger partial charge in [0.1, 0.15) is 17.5 Å². The number of halogens is 5.